The lowest BCUT2D eigenvalue weighted by Gasteiger charge is -2.24. The monoisotopic (exact) mass is 525 g/mol. The van der Waals surface area contributed by atoms with Crippen molar-refractivity contribution in [3.63, 3.8) is 0 Å². The van der Waals surface area contributed by atoms with Gasteiger partial charge in [-0.15, -0.1) is 0 Å². The van der Waals surface area contributed by atoms with E-state index in [2.05, 4.69) is 10.6 Å². The number of aliphatic hydroxyl groups is 1. The fourth-order valence-electron chi connectivity index (χ4n) is 3.87. The summed E-state index contributed by atoms with van der Waals surface area (Å²) in [5.74, 6) is -2.55. The van der Waals surface area contributed by atoms with E-state index in [-0.39, 0.29) is 25.9 Å². The van der Waals surface area contributed by atoms with E-state index in [0.29, 0.717) is 30.5 Å². The molecule has 5 N–H and O–H groups in total. The topological polar surface area (TPSA) is 148 Å². The minimum atomic E-state index is -0.898. The Morgan fingerprint density at radius 2 is 1.58 bits per heavy atom. The molecule has 3 amide bonds. The molecule has 2 atom stereocenters. The maximum atomic E-state index is 13.4. The van der Waals surface area contributed by atoms with Gasteiger partial charge in [0.25, 0.3) is 0 Å². The molecule has 2 aromatic rings. The van der Waals surface area contributed by atoms with E-state index in [1.54, 1.807) is 45.0 Å². The fourth-order valence-corrected chi connectivity index (χ4v) is 3.87. The van der Waals surface area contributed by atoms with Crippen LogP contribution in [-0.4, -0.2) is 40.4 Å². The molecule has 0 unspecified atom stereocenters. The van der Waals surface area contributed by atoms with Crippen molar-refractivity contribution in [2.45, 2.75) is 77.5 Å². The van der Waals surface area contributed by atoms with Crippen molar-refractivity contribution in [1.29, 1.82) is 0 Å². The quantitative estimate of drug-likeness (QED) is 0.220. The Hall–Kier alpha value is -3.72. The molecule has 2 rings (SSSR count). The molecule has 0 aliphatic rings. The average Bonchev–Trinajstić information content (AvgIpc) is 2.85. The third-order valence-corrected chi connectivity index (χ3v) is 5.73. The lowest BCUT2D eigenvalue weighted by molar-refractivity contribution is -0.157. The summed E-state index contributed by atoms with van der Waals surface area (Å²) in [6, 6.07) is 15.1. The van der Waals surface area contributed by atoms with Crippen LogP contribution in [-0.2, 0) is 36.9 Å². The van der Waals surface area contributed by atoms with Crippen molar-refractivity contribution in [3.05, 3.63) is 65.7 Å². The number of esters is 1. The number of rotatable bonds is 14. The first-order chi connectivity index (χ1) is 18.0. The normalized spacial score (nSPS) is 12.7. The second-order valence-electron chi connectivity index (χ2n) is 10.3. The second-order valence-corrected chi connectivity index (χ2v) is 10.3. The van der Waals surface area contributed by atoms with E-state index >= 15 is 0 Å². The zero-order valence-electron chi connectivity index (χ0n) is 22.4. The number of ether oxygens (including phenoxy) is 1. The first-order valence-corrected chi connectivity index (χ1v) is 12.8. The summed E-state index contributed by atoms with van der Waals surface area (Å²) in [5, 5.41) is 14.9. The number of unbranched alkanes of at least 4 members (excludes halogenated alkanes) is 1. The molecule has 0 fully saturated rings. The van der Waals surface area contributed by atoms with Crippen molar-refractivity contribution in [1.82, 2.24) is 5.32 Å². The molecule has 0 aliphatic heterocycles. The molecule has 0 saturated heterocycles. The first kappa shape index (κ1) is 30.5. The predicted octanol–water partition coefficient (Wildman–Crippen LogP) is 3.24. The zero-order valence-corrected chi connectivity index (χ0v) is 22.4. The molecule has 0 saturated carbocycles. The number of benzene rings is 2. The van der Waals surface area contributed by atoms with Crippen LogP contribution < -0.4 is 16.4 Å². The molecule has 2 aromatic carbocycles. The molecule has 0 aliphatic carbocycles. The fraction of sp³-hybridized carbons (Fsp3) is 0.448. The van der Waals surface area contributed by atoms with E-state index < -0.39 is 41.3 Å². The van der Waals surface area contributed by atoms with Crippen LogP contribution in [0.1, 0.15) is 64.0 Å². The van der Waals surface area contributed by atoms with Gasteiger partial charge in [-0.1, -0.05) is 48.9 Å². The number of carbonyl (C=O) groups is 4. The van der Waals surface area contributed by atoms with Gasteiger partial charge in [0.05, 0.1) is 18.9 Å². The Balaban J connectivity index is 2.19. The molecule has 0 bridgehead atoms. The van der Waals surface area contributed by atoms with Crippen LogP contribution in [0.25, 0.3) is 0 Å². The van der Waals surface area contributed by atoms with Crippen molar-refractivity contribution < 1.29 is 29.0 Å². The van der Waals surface area contributed by atoms with E-state index in [4.69, 9.17) is 10.5 Å². The van der Waals surface area contributed by atoms with Crippen molar-refractivity contribution in [2.75, 3.05) is 5.32 Å². The molecule has 0 heterocycles. The third-order valence-electron chi connectivity index (χ3n) is 5.73. The Bertz CT molecular complexity index is 1060. The van der Waals surface area contributed by atoms with Crippen molar-refractivity contribution >= 4 is 29.4 Å². The van der Waals surface area contributed by atoms with E-state index in [9.17, 15) is 24.3 Å². The van der Waals surface area contributed by atoms with Crippen LogP contribution in [0.3, 0.4) is 0 Å². The van der Waals surface area contributed by atoms with Crippen molar-refractivity contribution in [2.24, 2.45) is 11.7 Å². The number of aliphatic hydroxyl groups excluding tert-OH is 1. The van der Waals surface area contributed by atoms with Gasteiger partial charge >= 0.3 is 5.97 Å². The highest BCUT2D eigenvalue weighted by atomic mass is 16.6. The highest BCUT2D eigenvalue weighted by Gasteiger charge is 2.29. The Kier molecular flexibility index (Phi) is 11.9. The summed E-state index contributed by atoms with van der Waals surface area (Å²) < 4.78 is 5.45. The summed E-state index contributed by atoms with van der Waals surface area (Å²) >= 11 is 0. The van der Waals surface area contributed by atoms with Crippen LogP contribution >= 0.6 is 0 Å². The number of primary amides is 1. The van der Waals surface area contributed by atoms with Gasteiger partial charge in [0.2, 0.25) is 17.7 Å². The summed E-state index contributed by atoms with van der Waals surface area (Å²) in [6.45, 7) is 5.16. The Morgan fingerprint density at radius 1 is 0.921 bits per heavy atom. The van der Waals surface area contributed by atoms with Crippen LogP contribution in [0.4, 0.5) is 5.69 Å². The number of nitrogens with two attached hydrogens (primary N) is 1. The smallest absolute Gasteiger partial charge is 0.307 e. The number of hydrogen-bond donors (Lipinski definition) is 4. The predicted molar refractivity (Wildman–Crippen MR) is 145 cm³/mol. The van der Waals surface area contributed by atoms with E-state index in [0.717, 1.165) is 5.56 Å². The number of hydrogen-bond acceptors (Lipinski definition) is 6. The number of carbonyl (C=O) groups excluding carboxylic acids is 4. The van der Waals surface area contributed by atoms with Gasteiger partial charge in [0, 0.05) is 12.1 Å². The van der Waals surface area contributed by atoms with Gasteiger partial charge in [0.15, 0.2) is 0 Å². The molecule has 0 aromatic heterocycles. The summed E-state index contributed by atoms with van der Waals surface area (Å²) in [5.41, 5.74) is 6.62. The molecule has 9 heteroatoms. The van der Waals surface area contributed by atoms with Gasteiger partial charge in [-0.25, -0.2) is 0 Å². The second kappa shape index (κ2) is 14.9. The summed E-state index contributed by atoms with van der Waals surface area (Å²) in [6.07, 6.45) is 1.58. The zero-order chi connectivity index (χ0) is 28.1. The Morgan fingerprint density at radius 3 is 2.16 bits per heavy atom. The third kappa shape index (κ3) is 11.6. The summed E-state index contributed by atoms with van der Waals surface area (Å²) in [7, 11) is 0. The van der Waals surface area contributed by atoms with E-state index in [1.165, 1.54) is 0 Å². The van der Waals surface area contributed by atoms with Crippen LogP contribution in [0.5, 0.6) is 0 Å². The van der Waals surface area contributed by atoms with Crippen LogP contribution in [0.15, 0.2) is 54.6 Å². The minimum absolute atomic E-state index is 0.118. The number of anilines is 1. The standard InChI is InChI=1S/C29H39N3O6/c1-29(2,3)38-26(35)18-22(17-20-9-5-4-6-10-20)27(36)32-24(11-7-8-12-25(30)34)28(37)31-23-15-13-21(19-33)14-16-23/h4-6,9-10,13-16,22,24,33H,7-8,11-12,17-19H2,1-3H3,(H2,30,34)(H,31,37)(H,32,36)/t22-,24+/m1/s1. The van der Waals surface area contributed by atoms with Gasteiger partial charge in [0.1, 0.15) is 11.6 Å². The molecule has 9 nitrogen and oxygen atoms in total. The molecule has 38 heavy (non-hydrogen) atoms. The van der Waals surface area contributed by atoms with Crippen molar-refractivity contribution in [3.8, 4) is 0 Å². The van der Waals surface area contributed by atoms with Gasteiger partial charge in [-0.05, 0) is 63.3 Å². The molecular formula is C29H39N3O6. The van der Waals surface area contributed by atoms with Gasteiger partial charge in [-0.3, -0.25) is 19.2 Å². The lowest BCUT2D eigenvalue weighted by Crippen LogP contribution is -2.47. The van der Waals surface area contributed by atoms with Gasteiger partial charge < -0.3 is 26.2 Å². The first-order valence-electron chi connectivity index (χ1n) is 12.8. The molecule has 0 spiro atoms. The molecule has 0 radical (unpaired) electrons. The highest BCUT2D eigenvalue weighted by molar-refractivity contribution is 5.97. The number of amides is 3. The average molecular weight is 526 g/mol. The highest BCUT2D eigenvalue weighted by Crippen LogP contribution is 2.18. The number of nitrogens with one attached hydrogen (secondary N) is 2. The summed E-state index contributed by atoms with van der Waals surface area (Å²) in [4.78, 5) is 50.3. The van der Waals surface area contributed by atoms with E-state index in [1.807, 2.05) is 30.3 Å². The van der Waals surface area contributed by atoms with Crippen LogP contribution in [0.2, 0.25) is 0 Å². The molecular weight excluding hydrogens is 486 g/mol. The maximum Gasteiger partial charge on any atom is 0.307 e. The minimum Gasteiger partial charge on any atom is -0.460 e. The van der Waals surface area contributed by atoms with Crippen LogP contribution in [0, 0.1) is 5.92 Å². The molecule has 206 valence electrons. The maximum absolute atomic E-state index is 13.4. The SMILES string of the molecule is CC(C)(C)OC(=O)C[C@@H](Cc1ccccc1)C(=O)N[C@@H](CCCCC(N)=O)C(=O)Nc1ccc(CO)cc1. The largest absolute Gasteiger partial charge is 0.460 e. The van der Waals surface area contributed by atoms with Gasteiger partial charge in [-0.2, -0.15) is 0 Å². The lowest BCUT2D eigenvalue weighted by atomic mass is 9.94. The Labute approximate surface area is 224 Å².